The first-order chi connectivity index (χ1) is 10.6. The van der Waals surface area contributed by atoms with Crippen molar-refractivity contribution in [2.75, 3.05) is 13.1 Å². The summed E-state index contributed by atoms with van der Waals surface area (Å²) in [5.41, 5.74) is 1.56. The zero-order valence-electron chi connectivity index (χ0n) is 12.6. The van der Waals surface area contributed by atoms with Crippen molar-refractivity contribution >= 4 is 5.91 Å². The molecule has 1 aromatic carbocycles. The van der Waals surface area contributed by atoms with Gasteiger partial charge in [0.05, 0.1) is 18.2 Å². The van der Waals surface area contributed by atoms with E-state index in [1.807, 2.05) is 37.3 Å². The third-order valence-electron chi connectivity index (χ3n) is 4.22. The van der Waals surface area contributed by atoms with Crippen LogP contribution in [-0.4, -0.2) is 40.3 Å². The van der Waals surface area contributed by atoms with Crippen LogP contribution in [0.2, 0.25) is 0 Å². The van der Waals surface area contributed by atoms with E-state index in [0.717, 1.165) is 12.0 Å². The predicted molar refractivity (Wildman–Crippen MR) is 82.0 cm³/mol. The Kier molecular flexibility index (Phi) is 4.24. The number of hydrogen-bond acceptors (Lipinski definition) is 4. The molecule has 1 aliphatic rings. The van der Waals surface area contributed by atoms with Crippen molar-refractivity contribution in [2.45, 2.75) is 25.9 Å². The molecule has 0 radical (unpaired) electrons. The molecule has 2 aromatic rings. The first kappa shape index (κ1) is 14.8. The van der Waals surface area contributed by atoms with Gasteiger partial charge in [0, 0.05) is 24.7 Å². The number of aromatic nitrogens is 1. The molecular formula is C17H20N2O3. The van der Waals surface area contributed by atoms with Crippen molar-refractivity contribution in [3.8, 4) is 11.3 Å². The molecule has 2 unspecified atom stereocenters. The maximum Gasteiger partial charge on any atom is 0.228 e. The number of amides is 1. The van der Waals surface area contributed by atoms with Gasteiger partial charge in [-0.3, -0.25) is 4.79 Å². The number of aliphatic hydroxyl groups is 1. The predicted octanol–water partition coefficient (Wildman–Crippen LogP) is 2.11. The van der Waals surface area contributed by atoms with E-state index in [-0.39, 0.29) is 18.2 Å². The minimum atomic E-state index is -0.435. The number of β-amino-alcohol motifs (C(OH)–C–C–N with tert-alkyl or cyclic N) is 1. The van der Waals surface area contributed by atoms with Gasteiger partial charge in [0.15, 0.2) is 5.76 Å². The van der Waals surface area contributed by atoms with E-state index in [0.29, 0.717) is 24.5 Å². The molecule has 5 nitrogen and oxygen atoms in total. The molecule has 0 saturated carbocycles. The Labute approximate surface area is 129 Å². The molecule has 1 fully saturated rings. The molecule has 22 heavy (non-hydrogen) atoms. The number of carbonyl (C=O) groups is 1. The highest BCUT2D eigenvalue weighted by molar-refractivity contribution is 5.78. The van der Waals surface area contributed by atoms with Gasteiger partial charge < -0.3 is 14.5 Å². The summed E-state index contributed by atoms with van der Waals surface area (Å²) in [6, 6.07) is 11.5. The summed E-state index contributed by atoms with van der Waals surface area (Å²) < 4.78 is 5.31. The van der Waals surface area contributed by atoms with Gasteiger partial charge >= 0.3 is 0 Å². The molecular weight excluding hydrogens is 280 g/mol. The van der Waals surface area contributed by atoms with Crippen molar-refractivity contribution in [3.05, 3.63) is 42.1 Å². The highest BCUT2D eigenvalue weighted by Crippen LogP contribution is 2.21. The van der Waals surface area contributed by atoms with Crippen LogP contribution in [0.15, 0.2) is 40.9 Å². The summed E-state index contributed by atoms with van der Waals surface area (Å²) in [5.74, 6) is 0.898. The van der Waals surface area contributed by atoms with Gasteiger partial charge in [0.25, 0.3) is 0 Å². The van der Waals surface area contributed by atoms with Gasteiger partial charge in [-0.2, -0.15) is 0 Å². The van der Waals surface area contributed by atoms with Crippen molar-refractivity contribution in [1.82, 2.24) is 10.1 Å². The second kappa shape index (κ2) is 6.32. The highest BCUT2D eigenvalue weighted by Gasteiger charge is 2.27. The lowest BCUT2D eigenvalue weighted by atomic mass is 9.96. The average Bonchev–Trinajstić information content (AvgIpc) is 2.99. The van der Waals surface area contributed by atoms with Crippen LogP contribution < -0.4 is 0 Å². The Hall–Kier alpha value is -2.14. The molecule has 1 amide bonds. The number of rotatable bonds is 3. The van der Waals surface area contributed by atoms with Crippen LogP contribution in [0.3, 0.4) is 0 Å². The number of likely N-dealkylation sites (tertiary alicyclic amines) is 1. The largest absolute Gasteiger partial charge is 0.391 e. The highest BCUT2D eigenvalue weighted by atomic mass is 16.5. The second-order valence-corrected chi connectivity index (χ2v) is 5.90. The van der Waals surface area contributed by atoms with Gasteiger partial charge in [-0.15, -0.1) is 0 Å². The fourth-order valence-electron chi connectivity index (χ4n) is 2.68. The van der Waals surface area contributed by atoms with Crippen LogP contribution in [0.5, 0.6) is 0 Å². The smallest absolute Gasteiger partial charge is 0.228 e. The van der Waals surface area contributed by atoms with Gasteiger partial charge in [-0.25, -0.2) is 0 Å². The fraction of sp³-hybridized carbons (Fsp3) is 0.412. The molecule has 1 N–H and O–H groups in total. The zero-order valence-corrected chi connectivity index (χ0v) is 12.6. The van der Waals surface area contributed by atoms with Crippen LogP contribution in [0, 0.1) is 5.92 Å². The molecule has 2 heterocycles. The molecule has 116 valence electrons. The van der Waals surface area contributed by atoms with Crippen molar-refractivity contribution in [1.29, 1.82) is 0 Å². The molecule has 0 bridgehead atoms. The van der Waals surface area contributed by atoms with Crippen LogP contribution in [-0.2, 0) is 11.2 Å². The minimum Gasteiger partial charge on any atom is -0.391 e. The van der Waals surface area contributed by atoms with Gasteiger partial charge in [-0.05, 0) is 12.3 Å². The van der Waals surface area contributed by atoms with E-state index >= 15 is 0 Å². The SMILES string of the molecule is CC1CCN(C(=O)Cc2cc(-c3ccccc3)on2)CC1O. The van der Waals surface area contributed by atoms with Crippen molar-refractivity contribution in [3.63, 3.8) is 0 Å². The topological polar surface area (TPSA) is 66.6 Å². The Morgan fingerprint density at radius 1 is 1.41 bits per heavy atom. The lowest BCUT2D eigenvalue weighted by Crippen LogP contribution is -2.46. The quantitative estimate of drug-likeness (QED) is 0.943. The lowest BCUT2D eigenvalue weighted by Gasteiger charge is -2.34. The summed E-state index contributed by atoms with van der Waals surface area (Å²) in [7, 11) is 0. The van der Waals surface area contributed by atoms with Gasteiger partial charge in [0.2, 0.25) is 5.91 Å². The first-order valence-electron chi connectivity index (χ1n) is 7.60. The van der Waals surface area contributed by atoms with Crippen molar-refractivity contribution in [2.24, 2.45) is 5.92 Å². The molecule has 1 aromatic heterocycles. The Morgan fingerprint density at radius 3 is 2.91 bits per heavy atom. The van der Waals surface area contributed by atoms with Crippen LogP contribution in [0.4, 0.5) is 0 Å². The van der Waals surface area contributed by atoms with E-state index in [1.54, 1.807) is 11.0 Å². The lowest BCUT2D eigenvalue weighted by molar-refractivity contribution is -0.134. The maximum atomic E-state index is 12.3. The van der Waals surface area contributed by atoms with E-state index < -0.39 is 6.10 Å². The number of aliphatic hydroxyl groups excluding tert-OH is 1. The monoisotopic (exact) mass is 300 g/mol. The molecule has 0 spiro atoms. The number of nitrogens with zero attached hydrogens (tertiary/aromatic N) is 2. The molecule has 3 rings (SSSR count). The summed E-state index contributed by atoms with van der Waals surface area (Å²) in [4.78, 5) is 14.0. The summed E-state index contributed by atoms with van der Waals surface area (Å²) in [6.07, 6.45) is 0.605. The standard InChI is InChI=1S/C17H20N2O3/c1-12-7-8-19(11-15(12)20)17(21)10-14-9-16(22-18-14)13-5-3-2-4-6-13/h2-6,9,12,15,20H,7-8,10-11H2,1H3. The number of carbonyl (C=O) groups excluding carboxylic acids is 1. The summed E-state index contributed by atoms with van der Waals surface area (Å²) >= 11 is 0. The van der Waals surface area contributed by atoms with E-state index in [1.165, 1.54) is 0 Å². The number of benzene rings is 1. The van der Waals surface area contributed by atoms with Gasteiger partial charge in [-0.1, -0.05) is 42.4 Å². The average molecular weight is 300 g/mol. The molecule has 1 aliphatic heterocycles. The summed E-state index contributed by atoms with van der Waals surface area (Å²) in [6.45, 7) is 3.11. The van der Waals surface area contributed by atoms with Crippen LogP contribution in [0.1, 0.15) is 19.0 Å². The van der Waals surface area contributed by atoms with E-state index in [9.17, 15) is 9.90 Å². The Morgan fingerprint density at radius 2 is 2.18 bits per heavy atom. The van der Waals surface area contributed by atoms with E-state index in [4.69, 9.17) is 4.52 Å². The second-order valence-electron chi connectivity index (χ2n) is 5.90. The normalized spacial score (nSPS) is 21.8. The Balaban J connectivity index is 1.64. The minimum absolute atomic E-state index is 0.0149. The number of hydrogen-bond donors (Lipinski definition) is 1. The molecule has 2 atom stereocenters. The zero-order chi connectivity index (χ0) is 15.5. The third kappa shape index (κ3) is 3.20. The van der Waals surface area contributed by atoms with Crippen molar-refractivity contribution < 1.29 is 14.4 Å². The van der Waals surface area contributed by atoms with Crippen LogP contribution >= 0.6 is 0 Å². The molecule has 0 aliphatic carbocycles. The number of piperidine rings is 1. The van der Waals surface area contributed by atoms with E-state index in [2.05, 4.69) is 5.16 Å². The summed E-state index contributed by atoms with van der Waals surface area (Å²) in [5, 5.41) is 13.9. The van der Waals surface area contributed by atoms with Gasteiger partial charge in [0.1, 0.15) is 0 Å². The van der Waals surface area contributed by atoms with Crippen LogP contribution in [0.25, 0.3) is 11.3 Å². The fourth-order valence-corrected chi connectivity index (χ4v) is 2.68. The third-order valence-corrected chi connectivity index (χ3v) is 4.22. The maximum absolute atomic E-state index is 12.3. The first-order valence-corrected chi connectivity index (χ1v) is 7.60. The molecule has 5 heteroatoms. The molecule has 1 saturated heterocycles. The Bertz CT molecular complexity index is 638.